The average molecular weight is 246 g/mol. The molecule has 1 aromatic carbocycles. The maximum Gasteiger partial charge on any atom is 0.0192 e. The van der Waals surface area contributed by atoms with E-state index < -0.39 is 0 Å². The molecule has 0 radical (unpaired) electrons. The van der Waals surface area contributed by atoms with Gasteiger partial charge in [-0.25, -0.2) is 0 Å². The lowest BCUT2D eigenvalue weighted by Gasteiger charge is -2.25. The number of likely N-dealkylation sites (tertiary alicyclic amines) is 1. The molecule has 1 aromatic rings. The van der Waals surface area contributed by atoms with E-state index in [1.54, 1.807) is 0 Å². The molecule has 1 heterocycles. The van der Waals surface area contributed by atoms with Gasteiger partial charge in [-0.3, -0.25) is 4.90 Å². The number of nitrogens with one attached hydrogen (secondary N) is 1. The highest BCUT2D eigenvalue weighted by Gasteiger charge is 2.18. The minimum Gasteiger partial charge on any atom is -0.312 e. The third kappa shape index (κ3) is 4.11. The summed E-state index contributed by atoms with van der Waals surface area (Å²) in [6, 6.07) is 12.0. The zero-order valence-electron chi connectivity index (χ0n) is 11.7. The van der Waals surface area contributed by atoms with Gasteiger partial charge in [0, 0.05) is 18.6 Å². The molecular weight excluding hydrogens is 220 g/mol. The Labute approximate surface area is 111 Å². The molecule has 0 aromatic heterocycles. The molecule has 2 atom stereocenters. The number of rotatable bonds is 6. The predicted molar refractivity (Wildman–Crippen MR) is 77.9 cm³/mol. The normalized spacial score (nSPS) is 19.9. The number of nitrogens with zero attached hydrogens (tertiary/aromatic N) is 1. The van der Waals surface area contributed by atoms with Crippen LogP contribution >= 0.6 is 0 Å². The molecule has 100 valence electrons. The zero-order valence-corrected chi connectivity index (χ0v) is 11.7. The van der Waals surface area contributed by atoms with Gasteiger partial charge >= 0.3 is 0 Å². The second-order valence-electron chi connectivity index (χ2n) is 5.59. The lowest BCUT2D eigenvalue weighted by molar-refractivity contribution is 0.247. The maximum absolute atomic E-state index is 3.67. The van der Waals surface area contributed by atoms with E-state index in [0.717, 1.165) is 13.0 Å². The van der Waals surface area contributed by atoms with Crippen LogP contribution in [0.25, 0.3) is 0 Å². The zero-order chi connectivity index (χ0) is 12.8. The van der Waals surface area contributed by atoms with E-state index in [1.807, 2.05) is 0 Å². The quantitative estimate of drug-likeness (QED) is 0.830. The second kappa shape index (κ2) is 6.91. The van der Waals surface area contributed by atoms with Crippen LogP contribution in [-0.2, 0) is 6.42 Å². The highest BCUT2D eigenvalue weighted by Crippen LogP contribution is 2.11. The Morgan fingerprint density at radius 1 is 1.11 bits per heavy atom. The van der Waals surface area contributed by atoms with Gasteiger partial charge in [0.25, 0.3) is 0 Å². The molecule has 0 aliphatic carbocycles. The van der Waals surface area contributed by atoms with Crippen LogP contribution in [0, 0.1) is 0 Å². The first kappa shape index (κ1) is 13.6. The number of hydrogen-bond acceptors (Lipinski definition) is 2. The van der Waals surface area contributed by atoms with Crippen molar-refractivity contribution in [1.82, 2.24) is 10.2 Å². The molecule has 0 saturated carbocycles. The van der Waals surface area contributed by atoms with Crippen molar-refractivity contribution in [2.45, 2.75) is 45.2 Å². The number of benzene rings is 1. The van der Waals surface area contributed by atoms with Gasteiger partial charge in [-0.2, -0.15) is 0 Å². The molecule has 2 nitrogen and oxygen atoms in total. The molecule has 1 saturated heterocycles. The molecule has 1 fully saturated rings. The third-order valence-corrected chi connectivity index (χ3v) is 3.91. The van der Waals surface area contributed by atoms with Gasteiger partial charge in [-0.15, -0.1) is 0 Å². The van der Waals surface area contributed by atoms with E-state index in [9.17, 15) is 0 Å². The summed E-state index contributed by atoms with van der Waals surface area (Å²) in [5.41, 5.74) is 1.42. The molecule has 0 spiro atoms. The smallest absolute Gasteiger partial charge is 0.0192 e. The fourth-order valence-corrected chi connectivity index (χ4v) is 2.72. The molecule has 18 heavy (non-hydrogen) atoms. The van der Waals surface area contributed by atoms with Crippen LogP contribution in [0.2, 0.25) is 0 Å². The van der Waals surface area contributed by atoms with Crippen molar-refractivity contribution in [3.63, 3.8) is 0 Å². The molecule has 1 aliphatic heterocycles. The van der Waals surface area contributed by atoms with E-state index in [2.05, 4.69) is 54.4 Å². The van der Waals surface area contributed by atoms with Crippen molar-refractivity contribution in [3.05, 3.63) is 35.9 Å². The van der Waals surface area contributed by atoms with Crippen molar-refractivity contribution in [2.24, 2.45) is 0 Å². The predicted octanol–water partition coefficient (Wildman–Crippen LogP) is 2.69. The van der Waals surface area contributed by atoms with Gasteiger partial charge in [-0.05, 0) is 51.8 Å². The minimum absolute atomic E-state index is 0.553. The van der Waals surface area contributed by atoms with E-state index in [-0.39, 0.29) is 0 Å². The monoisotopic (exact) mass is 246 g/mol. The topological polar surface area (TPSA) is 15.3 Å². The van der Waals surface area contributed by atoms with Gasteiger partial charge in [-0.1, -0.05) is 30.3 Å². The summed E-state index contributed by atoms with van der Waals surface area (Å²) in [4.78, 5) is 2.60. The first-order chi connectivity index (χ1) is 8.75. The van der Waals surface area contributed by atoms with Crippen LogP contribution in [0.5, 0.6) is 0 Å². The largest absolute Gasteiger partial charge is 0.312 e. The molecule has 2 unspecified atom stereocenters. The standard InChI is InChI=1S/C16H26N2/c1-14(12-16-8-4-3-5-9-16)17-13-15(2)18-10-6-7-11-18/h3-5,8-9,14-15,17H,6-7,10-13H2,1-2H3. The SMILES string of the molecule is CC(Cc1ccccc1)NCC(C)N1CCCC1. The fraction of sp³-hybridized carbons (Fsp3) is 0.625. The van der Waals surface area contributed by atoms with Crippen molar-refractivity contribution in [2.75, 3.05) is 19.6 Å². The lowest BCUT2D eigenvalue weighted by Crippen LogP contribution is -2.42. The van der Waals surface area contributed by atoms with Crippen molar-refractivity contribution in [1.29, 1.82) is 0 Å². The van der Waals surface area contributed by atoms with Crippen molar-refractivity contribution >= 4 is 0 Å². The highest BCUT2D eigenvalue weighted by molar-refractivity contribution is 5.15. The van der Waals surface area contributed by atoms with E-state index in [0.29, 0.717) is 12.1 Å². The third-order valence-electron chi connectivity index (χ3n) is 3.91. The molecule has 0 amide bonds. The van der Waals surface area contributed by atoms with Gasteiger partial charge in [0.15, 0.2) is 0 Å². The Bertz CT molecular complexity index is 330. The first-order valence-electron chi connectivity index (χ1n) is 7.27. The highest BCUT2D eigenvalue weighted by atomic mass is 15.2. The first-order valence-corrected chi connectivity index (χ1v) is 7.27. The summed E-state index contributed by atoms with van der Waals surface area (Å²) in [6.07, 6.45) is 3.88. The summed E-state index contributed by atoms with van der Waals surface area (Å²) < 4.78 is 0. The summed E-state index contributed by atoms with van der Waals surface area (Å²) >= 11 is 0. The van der Waals surface area contributed by atoms with Gasteiger partial charge in [0.1, 0.15) is 0 Å². The average Bonchev–Trinajstić information content (AvgIpc) is 2.91. The van der Waals surface area contributed by atoms with E-state index >= 15 is 0 Å². The fourth-order valence-electron chi connectivity index (χ4n) is 2.72. The minimum atomic E-state index is 0.553. The van der Waals surface area contributed by atoms with Gasteiger partial charge in [0.05, 0.1) is 0 Å². The second-order valence-corrected chi connectivity index (χ2v) is 5.59. The Morgan fingerprint density at radius 3 is 2.44 bits per heavy atom. The Kier molecular flexibility index (Phi) is 5.21. The Balaban J connectivity index is 1.69. The number of hydrogen-bond donors (Lipinski definition) is 1. The summed E-state index contributed by atoms with van der Waals surface area (Å²) in [5, 5.41) is 3.67. The lowest BCUT2D eigenvalue weighted by atomic mass is 10.1. The van der Waals surface area contributed by atoms with Crippen molar-refractivity contribution in [3.8, 4) is 0 Å². The molecule has 0 bridgehead atoms. The van der Waals surface area contributed by atoms with E-state index in [4.69, 9.17) is 0 Å². The van der Waals surface area contributed by atoms with Crippen LogP contribution < -0.4 is 5.32 Å². The Morgan fingerprint density at radius 2 is 1.78 bits per heavy atom. The van der Waals surface area contributed by atoms with Crippen LogP contribution in [0.1, 0.15) is 32.3 Å². The molecule has 2 rings (SSSR count). The molecule has 1 aliphatic rings. The summed E-state index contributed by atoms with van der Waals surface area (Å²) in [6.45, 7) is 8.30. The molecule has 2 heteroatoms. The van der Waals surface area contributed by atoms with Crippen LogP contribution in [0.15, 0.2) is 30.3 Å². The van der Waals surface area contributed by atoms with E-state index in [1.165, 1.54) is 31.5 Å². The van der Waals surface area contributed by atoms with Crippen LogP contribution in [0.4, 0.5) is 0 Å². The summed E-state index contributed by atoms with van der Waals surface area (Å²) in [5.74, 6) is 0. The van der Waals surface area contributed by atoms with Gasteiger partial charge in [0.2, 0.25) is 0 Å². The van der Waals surface area contributed by atoms with Gasteiger partial charge < -0.3 is 5.32 Å². The van der Waals surface area contributed by atoms with Crippen LogP contribution in [-0.4, -0.2) is 36.6 Å². The maximum atomic E-state index is 3.67. The summed E-state index contributed by atoms with van der Waals surface area (Å²) in [7, 11) is 0. The molecule has 1 N–H and O–H groups in total. The molecular formula is C16H26N2. The Hall–Kier alpha value is -0.860. The van der Waals surface area contributed by atoms with Crippen molar-refractivity contribution < 1.29 is 0 Å². The van der Waals surface area contributed by atoms with Crippen LogP contribution in [0.3, 0.4) is 0 Å².